The third-order valence-electron chi connectivity index (χ3n) is 4.72. The Hall–Kier alpha value is -2.61. The molecule has 1 aromatic heterocycles. The normalized spacial score (nSPS) is 14.2. The smallest absolute Gasteiger partial charge is 0.183 e. The van der Waals surface area contributed by atoms with Crippen LogP contribution in [0.5, 0.6) is 0 Å². The van der Waals surface area contributed by atoms with E-state index in [1.165, 1.54) is 5.56 Å². The Kier molecular flexibility index (Phi) is 3.24. The summed E-state index contributed by atoms with van der Waals surface area (Å²) >= 11 is 0. The average Bonchev–Trinajstić information content (AvgIpc) is 2.90. The minimum Gasteiger partial charge on any atom is -0.306 e. The van der Waals surface area contributed by atoms with E-state index in [0.29, 0.717) is 6.42 Å². The molecule has 0 amide bonds. The maximum absolute atomic E-state index is 12.7. The van der Waals surface area contributed by atoms with Gasteiger partial charge in [-0.05, 0) is 23.1 Å². The molecule has 2 nitrogen and oxygen atoms in total. The van der Waals surface area contributed by atoms with Gasteiger partial charge in [-0.1, -0.05) is 69.3 Å². The molecule has 0 fully saturated rings. The molecule has 0 saturated carbocycles. The summed E-state index contributed by atoms with van der Waals surface area (Å²) in [5, 5.41) is 1.14. The molecular weight excluding hydrogens is 294 g/mol. The molecule has 0 aliphatic heterocycles. The highest BCUT2D eigenvalue weighted by molar-refractivity contribution is 6.10. The molecule has 0 unspecified atom stereocenters. The fourth-order valence-electron chi connectivity index (χ4n) is 3.64. The number of rotatable bonds is 1. The van der Waals surface area contributed by atoms with Gasteiger partial charge in [0, 0.05) is 17.4 Å². The van der Waals surface area contributed by atoms with Crippen molar-refractivity contribution in [3.63, 3.8) is 0 Å². The van der Waals surface area contributed by atoms with Gasteiger partial charge in [0.2, 0.25) is 0 Å². The van der Waals surface area contributed by atoms with E-state index in [1.807, 2.05) is 18.2 Å². The maximum Gasteiger partial charge on any atom is 0.183 e. The Balaban J connectivity index is 2.15. The summed E-state index contributed by atoms with van der Waals surface area (Å²) in [6.07, 6.45) is 4.54. The third-order valence-corrected chi connectivity index (χ3v) is 4.72. The second kappa shape index (κ2) is 5.20. The van der Waals surface area contributed by atoms with E-state index in [9.17, 15) is 4.79 Å². The zero-order valence-electron chi connectivity index (χ0n) is 14.3. The van der Waals surface area contributed by atoms with Gasteiger partial charge in [-0.3, -0.25) is 4.79 Å². The number of fused-ring (bicyclic) bond motifs is 3. The predicted octanol–water partition coefficient (Wildman–Crippen LogP) is 5.53. The first kappa shape index (κ1) is 14.9. The van der Waals surface area contributed by atoms with Crippen LogP contribution in [0.1, 0.15) is 48.8 Å². The van der Waals surface area contributed by atoms with E-state index in [0.717, 1.165) is 27.8 Å². The monoisotopic (exact) mass is 315 g/mol. The van der Waals surface area contributed by atoms with Gasteiger partial charge in [-0.15, -0.1) is 0 Å². The largest absolute Gasteiger partial charge is 0.306 e. The molecule has 120 valence electrons. The topological polar surface area (TPSA) is 22.0 Å². The number of carbonyl (C=O) groups is 1. The van der Waals surface area contributed by atoms with Gasteiger partial charge < -0.3 is 4.57 Å². The molecule has 2 heteroatoms. The van der Waals surface area contributed by atoms with Crippen molar-refractivity contribution in [2.75, 3.05) is 0 Å². The van der Waals surface area contributed by atoms with Crippen molar-refractivity contribution in [2.45, 2.75) is 32.6 Å². The molecule has 0 atom stereocenters. The predicted molar refractivity (Wildman–Crippen MR) is 100.0 cm³/mol. The van der Waals surface area contributed by atoms with E-state index in [2.05, 4.69) is 67.8 Å². The number of Topliss-reactive ketones (excluding diaryl/α,β-unsaturated/α-hetero) is 1. The van der Waals surface area contributed by atoms with Crippen LogP contribution in [0.3, 0.4) is 0 Å². The van der Waals surface area contributed by atoms with Crippen LogP contribution in [0.2, 0.25) is 0 Å². The van der Waals surface area contributed by atoms with E-state index in [1.54, 1.807) is 0 Å². The first-order valence-electron chi connectivity index (χ1n) is 8.41. The number of para-hydroxylation sites is 2. The van der Waals surface area contributed by atoms with Crippen molar-refractivity contribution in [3.8, 4) is 5.69 Å². The van der Waals surface area contributed by atoms with Crippen molar-refractivity contribution >= 4 is 22.8 Å². The summed E-state index contributed by atoms with van der Waals surface area (Å²) in [6.45, 7) is 6.64. The molecule has 24 heavy (non-hydrogen) atoms. The fourth-order valence-corrected chi connectivity index (χ4v) is 3.64. The number of allylic oxidation sites excluding steroid dienone is 1. The molecule has 1 aliphatic rings. The second-order valence-corrected chi connectivity index (χ2v) is 7.41. The van der Waals surface area contributed by atoms with E-state index < -0.39 is 0 Å². The summed E-state index contributed by atoms with van der Waals surface area (Å²) in [5.74, 6) is 0.187. The molecular formula is C22H21NO. The Morgan fingerprint density at radius 2 is 1.67 bits per heavy atom. The minimum atomic E-state index is 0.00238. The van der Waals surface area contributed by atoms with Gasteiger partial charge in [-0.25, -0.2) is 0 Å². The lowest BCUT2D eigenvalue weighted by atomic mass is 9.85. The van der Waals surface area contributed by atoms with Crippen LogP contribution < -0.4 is 0 Å². The van der Waals surface area contributed by atoms with Crippen LogP contribution in [-0.4, -0.2) is 10.4 Å². The van der Waals surface area contributed by atoms with E-state index >= 15 is 0 Å². The Morgan fingerprint density at radius 3 is 2.46 bits per heavy atom. The van der Waals surface area contributed by atoms with Crippen LogP contribution in [0.25, 0.3) is 22.7 Å². The zero-order chi connectivity index (χ0) is 16.9. The summed E-state index contributed by atoms with van der Waals surface area (Å²) in [4.78, 5) is 12.7. The second-order valence-electron chi connectivity index (χ2n) is 7.41. The van der Waals surface area contributed by atoms with Crippen LogP contribution in [0.4, 0.5) is 0 Å². The van der Waals surface area contributed by atoms with Gasteiger partial charge in [-0.2, -0.15) is 0 Å². The summed E-state index contributed by atoms with van der Waals surface area (Å²) in [5.41, 5.74) is 5.31. The number of nitrogens with zero attached hydrogens (tertiary/aromatic N) is 1. The molecule has 0 bridgehead atoms. The molecule has 0 spiro atoms. The molecule has 1 heterocycles. The fraction of sp³-hybridized carbons (Fsp3) is 0.227. The number of hydrogen-bond donors (Lipinski definition) is 0. The molecule has 1 aliphatic carbocycles. The van der Waals surface area contributed by atoms with Crippen molar-refractivity contribution in [1.82, 2.24) is 4.57 Å². The lowest BCUT2D eigenvalue weighted by Crippen LogP contribution is -2.18. The van der Waals surface area contributed by atoms with Crippen LogP contribution in [-0.2, 0) is 5.41 Å². The quantitative estimate of drug-likeness (QED) is 0.579. The zero-order valence-corrected chi connectivity index (χ0v) is 14.3. The summed E-state index contributed by atoms with van der Waals surface area (Å²) < 4.78 is 2.16. The standard InChI is InChI=1S/C22H21NO/c1-22(2,3)17-11-5-7-13-19(17)23-18-12-6-4-9-15(18)16-10-8-14-20(24)21(16)23/h4-13H,14H2,1-3H3. The van der Waals surface area contributed by atoms with Gasteiger partial charge in [0.15, 0.2) is 5.78 Å². The minimum absolute atomic E-state index is 0.00238. The van der Waals surface area contributed by atoms with E-state index in [4.69, 9.17) is 0 Å². The molecule has 2 aromatic carbocycles. The number of carbonyl (C=O) groups excluding carboxylic acids is 1. The Labute approximate surface area is 142 Å². The highest BCUT2D eigenvalue weighted by atomic mass is 16.1. The number of hydrogen-bond acceptors (Lipinski definition) is 1. The van der Waals surface area contributed by atoms with Crippen molar-refractivity contribution in [2.24, 2.45) is 0 Å². The van der Waals surface area contributed by atoms with Gasteiger partial charge in [0.1, 0.15) is 0 Å². The first-order chi connectivity index (χ1) is 11.5. The Morgan fingerprint density at radius 1 is 0.958 bits per heavy atom. The highest BCUT2D eigenvalue weighted by Crippen LogP contribution is 2.37. The molecule has 0 N–H and O–H groups in total. The van der Waals surface area contributed by atoms with E-state index in [-0.39, 0.29) is 11.2 Å². The molecule has 0 saturated heterocycles. The van der Waals surface area contributed by atoms with Gasteiger partial charge in [0.25, 0.3) is 0 Å². The lowest BCUT2D eigenvalue weighted by molar-refractivity contribution is 0.0988. The molecule has 3 aromatic rings. The summed E-state index contributed by atoms with van der Waals surface area (Å²) in [7, 11) is 0. The highest BCUT2D eigenvalue weighted by Gasteiger charge is 2.27. The lowest BCUT2D eigenvalue weighted by Gasteiger charge is -2.25. The number of ketones is 1. The molecule has 4 rings (SSSR count). The molecule has 0 radical (unpaired) electrons. The van der Waals surface area contributed by atoms with Crippen molar-refractivity contribution in [3.05, 3.63) is 71.4 Å². The maximum atomic E-state index is 12.7. The average molecular weight is 315 g/mol. The SMILES string of the molecule is CC(C)(C)c1ccccc1-n1c2c(c3ccccc31)C=CCC2=O. The van der Waals surface area contributed by atoms with Crippen LogP contribution in [0, 0.1) is 0 Å². The Bertz CT molecular complexity index is 983. The summed E-state index contributed by atoms with van der Waals surface area (Å²) in [6, 6.07) is 16.7. The number of benzene rings is 2. The van der Waals surface area contributed by atoms with Crippen molar-refractivity contribution < 1.29 is 4.79 Å². The number of aromatic nitrogens is 1. The van der Waals surface area contributed by atoms with Crippen molar-refractivity contribution in [1.29, 1.82) is 0 Å². The third kappa shape index (κ3) is 2.14. The first-order valence-corrected chi connectivity index (χ1v) is 8.41. The van der Waals surface area contributed by atoms with Gasteiger partial charge >= 0.3 is 0 Å². The van der Waals surface area contributed by atoms with Crippen LogP contribution in [0.15, 0.2) is 54.6 Å². The van der Waals surface area contributed by atoms with Gasteiger partial charge in [0.05, 0.1) is 16.9 Å². The van der Waals surface area contributed by atoms with Crippen LogP contribution >= 0.6 is 0 Å².